The lowest BCUT2D eigenvalue weighted by atomic mass is 10.1. The first-order valence-corrected chi connectivity index (χ1v) is 6.44. The van der Waals surface area contributed by atoms with Gasteiger partial charge in [-0.3, -0.25) is 9.78 Å². The summed E-state index contributed by atoms with van der Waals surface area (Å²) < 4.78 is 0. The predicted molar refractivity (Wildman–Crippen MR) is 73.5 cm³/mol. The Morgan fingerprint density at radius 1 is 1.30 bits per heavy atom. The SMILES string of the molecule is Cc1cc(C(=O)NC2(C(=O)O)CC2)c2ccccc2n1. The van der Waals surface area contributed by atoms with Crippen LogP contribution in [0.3, 0.4) is 0 Å². The number of aromatic nitrogens is 1. The molecule has 2 N–H and O–H groups in total. The van der Waals surface area contributed by atoms with Crippen LogP contribution in [0.5, 0.6) is 0 Å². The summed E-state index contributed by atoms with van der Waals surface area (Å²) in [5.41, 5.74) is 0.863. The highest BCUT2D eigenvalue weighted by atomic mass is 16.4. The second-order valence-electron chi connectivity index (χ2n) is 5.17. The van der Waals surface area contributed by atoms with E-state index in [1.165, 1.54) is 0 Å². The minimum atomic E-state index is -1.07. The van der Waals surface area contributed by atoms with Crippen LogP contribution in [0.4, 0.5) is 0 Å². The van der Waals surface area contributed by atoms with Crippen molar-refractivity contribution in [3.63, 3.8) is 0 Å². The standard InChI is InChI=1S/C15H14N2O3/c1-9-8-11(10-4-2-3-5-12(10)16-9)13(18)17-15(6-7-15)14(19)20/h2-5,8H,6-7H2,1H3,(H,17,18)(H,19,20). The lowest BCUT2D eigenvalue weighted by Gasteiger charge is -2.14. The number of amides is 1. The van der Waals surface area contributed by atoms with Gasteiger partial charge < -0.3 is 10.4 Å². The molecule has 0 atom stereocenters. The van der Waals surface area contributed by atoms with Gasteiger partial charge in [0.05, 0.1) is 11.1 Å². The van der Waals surface area contributed by atoms with E-state index in [1.807, 2.05) is 31.2 Å². The van der Waals surface area contributed by atoms with Crippen LogP contribution < -0.4 is 5.32 Å². The van der Waals surface area contributed by atoms with E-state index in [0.717, 1.165) is 16.6 Å². The van der Waals surface area contributed by atoms with Crippen LogP contribution in [0.2, 0.25) is 0 Å². The monoisotopic (exact) mass is 270 g/mol. The second kappa shape index (κ2) is 4.30. The topological polar surface area (TPSA) is 79.3 Å². The molecule has 0 radical (unpaired) electrons. The number of aliphatic carboxylic acids is 1. The summed E-state index contributed by atoms with van der Waals surface area (Å²) >= 11 is 0. The molecule has 0 saturated heterocycles. The third-order valence-electron chi connectivity index (χ3n) is 3.60. The Kier molecular flexibility index (Phi) is 2.71. The predicted octanol–water partition coefficient (Wildman–Crippen LogP) is 1.89. The molecule has 5 heteroatoms. The smallest absolute Gasteiger partial charge is 0.329 e. The Hall–Kier alpha value is -2.43. The highest BCUT2D eigenvalue weighted by molar-refractivity contribution is 6.08. The summed E-state index contributed by atoms with van der Waals surface area (Å²) in [6.07, 6.45) is 0.964. The molecule has 1 amide bonds. The number of carbonyl (C=O) groups is 2. The van der Waals surface area contributed by atoms with E-state index in [0.29, 0.717) is 18.4 Å². The van der Waals surface area contributed by atoms with Crippen molar-refractivity contribution in [1.29, 1.82) is 0 Å². The number of carboxylic acid groups (broad SMARTS) is 1. The normalized spacial score (nSPS) is 15.8. The van der Waals surface area contributed by atoms with Crippen LogP contribution in [0.25, 0.3) is 10.9 Å². The molecule has 0 unspecified atom stereocenters. The maximum Gasteiger partial charge on any atom is 0.329 e. The number of pyridine rings is 1. The molecular weight excluding hydrogens is 256 g/mol. The van der Waals surface area contributed by atoms with Gasteiger partial charge in [-0.1, -0.05) is 18.2 Å². The van der Waals surface area contributed by atoms with Crippen LogP contribution in [0.15, 0.2) is 30.3 Å². The van der Waals surface area contributed by atoms with E-state index in [-0.39, 0.29) is 5.91 Å². The lowest BCUT2D eigenvalue weighted by molar-refractivity contribution is -0.140. The molecular formula is C15H14N2O3. The van der Waals surface area contributed by atoms with Gasteiger partial charge in [-0.15, -0.1) is 0 Å². The number of carbonyl (C=O) groups excluding carboxylic acids is 1. The minimum absolute atomic E-state index is 0.355. The fourth-order valence-electron chi connectivity index (χ4n) is 2.30. The number of aryl methyl sites for hydroxylation is 1. The quantitative estimate of drug-likeness (QED) is 0.892. The third-order valence-corrected chi connectivity index (χ3v) is 3.60. The van der Waals surface area contributed by atoms with E-state index in [4.69, 9.17) is 5.11 Å². The number of fused-ring (bicyclic) bond motifs is 1. The molecule has 5 nitrogen and oxygen atoms in total. The van der Waals surface area contributed by atoms with Gasteiger partial charge in [0.25, 0.3) is 5.91 Å². The van der Waals surface area contributed by atoms with E-state index in [2.05, 4.69) is 10.3 Å². The average molecular weight is 270 g/mol. The van der Waals surface area contributed by atoms with Crippen LogP contribution in [0, 0.1) is 6.92 Å². The van der Waals surface area contributed by atoms with Crippen molar-refractivity contribution >= 4 is 22.8 Å². The Labute approximate surface area is 115 Å². The maximum atomic E-state index is 12.4. The highest BCUT2D eigenvalue weighted by Crippen LogP contribution is 2.36. The van der Waals surface area contributed by atoms with Gasteiger partial charge >= 0.3 is 5.97 Å². The molecule has 1 aliphatic rings. The lowest BCUT2D eigenvalue weighted by Crippen LogP contribution is -2.43. The molecule has 102 valence electrons. The molecule has 1 fully saturated rings. The molecule has 1 aromatic heterocycles. The third kappa shape index (κ3) is 2.01. The van der Waals surface area contributed by atoms with E-state index < -0.39 is 11.5 Å². The van der Waals surface area contributed by atoms with Gasteiger partial charge in [-0.2, -0.15) is 0 Å². The second-order valence-corrected chi connectivity index (χ2v) is 5.17. The first-order valence-electron chi connectivity index (χ1n) is 6.44. The van der Waals surface area contributed by atoms with E-state index in [1.54, 1.807) is 6.07 Å². The van der Waals surface area contributed by atoms with Crippen molar-refractivity contribution in [1.82, 2.24) is 10.3 Å². The summed E-state index contributed by atoms with van der Waals surface area (Å²) in [5, 5.41) is 12.5. The van der Waals surface area contributed by atoms with Crippen LogP contribution in [-0.2, 0) is 4.79 Å². The van der Waals surface area contributed by atoms with Crippen molar-refractivity contribution in [2.24, 2.45) is 0 Å². The van der Waals surface area contributed by atoms with Crippen molar-refractivity contribution < 1.29 is 14.7 Å². The molecule has 1 aromatic carbocycles. The number of hydrogen-bond donors (Lipinski definition) is 2. The van der Waals surface area contributed by atoms with Gasteiger partial charge in [0, 0.05) is 11.1 Å². The van der Waals surface area contributed by atoms with Crippen LogP contribution in [0.1, 0.15) is 28.9 Å². The Morgan fingerprint density at radius 2 is 2.00 bits per heavy atom. The maximum absolute atomic E-state index is 12.4. The van der Waals surface area contributed by atoms with Crippen molar-refractivity contribution in [3.05, 3.63) is 41.6 Å². The fourth-order valence-corrected chi connectivity index (χ4v) is 2.30. The highest BCUT2D eigenvalue weighted by Gasteiger charge is 2.51. The summed E-state index contributed by atoms with van der Waals surface area (Å²) in [4.78, 5) is 27.9. The molecule has 2 aromatic rings. The van der Waals surface area contributed by atoms with Gasteiger partial charge in [-0.25, -0.2) is 4.79 Å². The first-order chi connectivity index (χ1) is 9.52. The van der Waals surface area contributed by atoms with E-state index in [9.17, 15) is 9.59 Å². The van der Waals surface area contributed by atoms with E-state index >= 15 is 0 Å². The average Bonchev–Trinajstić information content (AvgIpc) is 3.18. The van der Waals surface area contributed by atoms with Crippen molar-refractivity contribution in [2.45, 2.75) is 25.3 Å². The molecule has 1 saturated carbocycles. The molecule has 0 aliphatic heterocycles. The fraction of sp³-hybridized carbons (Fsp3) is 0.267. The molecule has 3 rings (SSSR count). The number of para-hydroxylation sites is 1. The van der Waals surface area contributed by atoms with Crippen molar-refractivity contribution in [2.75, 3.05) is 0 Å². The van der Waals surface area contributed by atoms with Gasteiger partial charge in [0.1, 0.15) is 5.54 Å². The molecule has 1 aliphatic carbocycles. The number of nitrogens with zero attached hydrogens (tertiary/aromatic N) is 1. The number of hydrogen-bond acceptors (Lipinski definition) is 3. The van der Waals surface area contributed by atoms with Crippen LogP contribution >= 0.6 is 0 Å². The zero-order valence-corrected chi connectivity index (χ0v) is 11.0. The first kappa shape index (κ1) is 12.6. The summed E-state index contributed by atoms with van der Waals surface area (Å²) in [5.74, 6) is -1.33. The van der Waals surface area contributed by atoms with Crippen molar-refractivity contribution in [3.8, 4) is 0 Å². The number of nitrogens with one attached hydrogen (secondary N) is 1. The summed E-state index contributed by atoms with van der Waals surface area (Å²) in [6.45, 7) is 1.81. The minimum Gasteiger partial charge on any atom is -0.480 e. The molecule has 0 spiro atoms. The zero-order valence-electron chi connectivity index (χ0n) is 11.0. The Balaban J connectivity index is 2.01. The summed E-state index contributed by atoms with van der Waals surface area (Å²) in [6, 6.07) is 9.03. The number of rotatable bonds is 3. The Morgan fingerprint density at radius 3 is 2.65 bits per heavy atom. The van der Waals surface area contributed by atoms with Gasteiger partial charge in [0.2, 0.25) is 0 Å². The molecule has 1 heterocycles. The molecule has 0 bridgehead atoms. The Bertz CT molecular complexity index is 720. The summed E-state index contributed by atoms with van der Waals surface area (Å²) in [7, 11) is 0. The number of carboxylic acids is 1. The zero-order chi connectivity index (χ0) is 14.3. The number of benzene rings is 1. The molecule has 20 heavy (non-hydrogen) atoms. The van der Waals surface area contributed by atoms with Gasteiger partial charge in [-0.05, 0) is 31.9 Å². The van der Waals surface area contributed by atoms with Gasteiger partial charge in [0.15, 0.2) is 0 Å². The largest absolute Gasteiger partial charge is 0.480 e. The van der Waals surface area contributed by atoms with Crippen LogP contribution in [-0.4, -0.2) is 27.5 Å².